The summed E-state index contributed by atoms with van der Waals surface area (Å²) < 4.78 is 48.1. The number of allylic oxidation sites excluding steroid dienone is 2. The van der Waals surface area contributed by atoms with E-state index in [9.17, 15) is 27.6 Å². The van der Waals surface area contributed by atoms with Crippen molar-refractivity contribution < 1.29 is 41.8 Å². The third-order valence-corrected chi connectivity index (χ3v) is 13.7. The number of carbonyl (C=O) groups is 4. The summed E-state index contributed by atoms with van der Waals surface area (Å²) in [6.07, 6.45) is 9.24. The number of halogens is 1. The molecule has 300 valence electrons. The summed E-state index contributed by atoms with van der Waals surface area (Å²) in [7, 11) is -0.623. The second kappa shape index (κ2) is 16.2. The van der Waals surface area contributed by atoms with Gasteiger partial charge in [0.05, 0.1) is 47.0 Å². The van der Waals surface area contributed by atoms with Crippen LogP contribution in [0.15, 0.2) is 47.1 Å². The van der Waals surface area contributed by atoms with Gasteiger partial charge in [-0.05, 0) is 85.5 Å². The lowest BCUT2D eigenvalue weighted by Gasteiger charge is -2.29. The maximum absolute atomic E-state index is 14.7. The average Bonchev–Trinajstić information content (AvgIpc) is 4.05. The van der Waals surface area contributed by atoms with Crippen molar-refractivity contribution in [2.75, 3.05) is 20.3 Å². The molecule has 15 nitrogen and oxygen atoms in total. The molecule has 3 fully saturated rings. The summed E-state index contributed by atoms with van der Waals surface area (Å²) in [6, 6.07) is 4.83. The molecular weight excluding hydrogens is 808 g/mol. The summed E-state index contributed by atoms with van der Waals surface area (Å²) in [4.78, 5) is 62.6. The molecule has 0 bridgehead atoms. The molecule has 56 heavy (non-hydrogen) atoms. The molecule has 0 radical (unpaired) electrons. The molecule has 7 rings (SSSR count). The van der Waals surface area contributed by atoms with Gasteiger partial charge in [0.2, 0.25) is 27.7 Å². The number of sulfonamides is 1. The molecule has 1 saturated heterocycles. The highest BCUT2D eigenvalue weighted by molar-refractivity contribution is 9.10. The van der Waals surface area contributed by atoms with E-state index < -0.39 is 56.6 Å². The van der Waals surface area contributed by atoms with E-state index in [2.05, 4.69) is 36.1 Å². The Hall–Kier alpha value is -4.51. The lowest BCUT2D eigenvalue weighted by molar-refractivity contribution is -0.140. The van der Waals surface area contributed by atoms with E-state index in [-0.39, 0.29) is 36.8 Å². The molecular formula is C39H47BrN6O9S. The van der Waals surface area contributed by atoms with Gasteiger partial charge < -0.3 is 24.4 Å². The van der Waals surface area contributed by atoms with Crippen molar-refractivity contribution >= 4 is 60.4 Å². The number of hydrogen-bond donors (Lipinski definition) is 2. The Kier molecular flexibility index (Phi) is 11.5. The minimum Gasteiger partial charge on any atom is -0.495 e. The van der Waals surface area contributed by atoms with Crippen LogP contribution >= 0.6 is 15.9 Å². The first-order chi connectivity index (χ1) is 26.8. The predicted molar refractivity (Wildman–Crippen MR) is 209 cm³/mol. The van der Waals surface area contributed by atoms with Crippen molar-refractivity contribution in [1.82, 2.24) is 29.7 Å². The molecule has 2 aliphatic heterocycles. The van der Waals surface area contributed by atoms with Gasteiger partial charge in [0.25, 0.3) is 5.91 Å². The number of nitrogens with one attached hydrogen (secondary N) is 2. The zero-order valence-corrected chi connectivity index (χ0v) is 34.1. The van der Waals surface area contributed by atoms with Crippen LogP contribution in [-0.2, 0) is 31.5 Å². The lowest BCUT2D eigenvalue weighted by atomic mass is 9.91. The summed E-state index contributed by atoms with van der Waals surface area (Å²) in [5.74, 6) is -1.07. The van der Waals surface area contributed by atoms with Crippen molar-refractivity contribution in [2.24, 2.45) is 18.4 Å². The number of hydrogen-bond acceptors (Lipinski definition) is 11. The Morgan fingerprint density at radius 1 is 1.09 bits per heavy atom. The van der Waals surface area contributed by atoms with E-state index in [0.29, 0.717) is 77.9 Å². The second-order valence-corrected chi connectivity index (χ2v) is 17.9. The number of carbonyl (C=O) groups excluding carboxylic acids is 4. The fourth-order valence-corrected chi connectivity index (χ4v) is 9.78. The molecule has 3 amide bonds. The zero-order valence-electron chi connectivity index (χ0n) is 31.7. The van der Waals surface area contributed by atoms with Gasteiger partial charge in [0.1, 0.15) is 29.3 Å². The lowest BCUT2D eigenvalue weighted by Crippen LogP contribution is -2.52. The number of amides is 3. The Bertz CT molecular complexity index is 2170. The molecule has 2 aromatic heterocycles. The van der Waals surface area contributed by atoms with Crippen molar-refractivity contribution in [2.45, 2.75) is 94.6 Å². The third-order valence-electron chi connectivity index (χ3n) is 11.1. The molecule has 3 aromatic rings. The average molecular weight is 856 g/mol. The minimum atomic E-state index is -3.87. The largest absolute Gasteiger partial charge is 0.495 e. The molecule has 4 heterocycles. The van der Waals surface area contributed by atoms with Gasteiger partial charge >= 0.3 is 0 Å². The Morgan fingerprint density at radius 2 is 1.89 bits per heavy atom. The van der Waals surface area contributed by atoms with Crippen LogP contribution in [0.4, 0.5) is 0 Å². The molecule has 2 aliphatic carbocycles. The first kappa shape index (κ1) is 39.7. The number of ether oxygens (including phenoxy) is 3. The molecule has 0 spiro atoms. The number of pyridine rings is 1. The van der Waals surface area contributed by atoms with Crippen LogP contribution in [0.5, 0.6) is 17.4 Å². The number of methoxy groups -OCH3 is 1. The summed E-state index contributed by atoms with van der Waals surface area (Å²) in [5, 5.41) is 7.12. The van der Waals surface area contributed by atoms with Crippen molar-refractivity contribution in [3.8, 4) is 17.4 Å². The van der Waals surface area contributed by atoms with E-state index >= 15 is 0 Å². The number of rotatable bonds is 10. The fourth-order valence-electron chi connectivity index (χ4n) is 7.80. The Labute approximate surface area is 334 Å². The molecule has 5 atom stereocenters. The fraction of sp³-hybridized carbons (Fsp3) is 0.538. The molecule has 4 aliphatic rings. The predicted octanol–water partition coefficient (Wildman–Crippen LogP) is 4.38. The summed E-state index contributed by atoms with van der Waals surface area (Å²) >= 11 is 3.59. The minimum absolute atomic E-state index is 0.00882. The van der Waals surface area contributed by atoms with Crippen molar-refractivity contribution in [3.05, 3.63) is 52.8 Å². The maximum Gasteiger partial charge on any atom is 0.272 e. The van der Waals surface area contributed by atoms with Gasteiger partial charge in [0.15, 0.2) is 5.78 Å². The second-order valence-electron chi connectivity index (χ2n) is 15.1. The van der Waals surface area contributed by atoms with Gasteiger partial charge in [-0.1, -0.05) is 25.0 Å². The molecule has 2 N–H and O–H groups in total. The number of aryl methyl sites for hydroxylation is 1. The van der Waals surface area contributed by atoms with Crippen LogP contribution in [0.3, 0.4) is 0 Å². The molecule has 17 heteroatoms. The van der Waals surface area contributed by atoms with E-state index in [4.69, 9.17) is 14.2 Å². The number of Topliss-reactive ketones (excluding diaryl/α,β-unsaturated/α-hetero) is 1. The van der Waals surface area contributed by atoms with Crippen LogP contribution in [0, 0.1) is 11.3 Å². The first-order valence-electron chi connectivity index (χ1n) is 19.2. The van der Waals surface area contributed by atoms with E-state index in [1.165, 1.54) is 9.58 Å². The SMILES string of the molecule is CCOc1cc(O[C@@H]2C[C@H]3C(=O)C[C@]4(C(=O)NS(=O)(=O)C5CC5)C[C@@H]4/C=C\CCCCC[C@H](NC(=O)c4ccn(C)n4)C(=O)N3C2)c2ccc(OC)c(Br)c2n1. The highest BCUT2D eigenvalue weighted by atomic mass is 79.9. The van der Waals surface area contributed by atoms with Gasteiger partial charge in [-0.3, -0.25) is 28.6 Å². The monoisotopic (exact) mass is 854 g/mol. The van der Waals surface area contributed by atoms with Crippen LogP contribution in [0.25, 0.3) is 10.9 Å². The quantitative estimate of drug-likeness (QED) is 0.276. The highest BCUT2D eigenvalue weighted by Crippen LogP contribution is 2.57. The van der Waals surface area contributed by atoms with E-state index in [1.807, 2.05) is 25.1 Å². The van der Waals surface area contributed by atoms with E-state index in [0.717, 1.165) is 12.8 Å². The normalized spacial score (nSPS) is 26.3. The summed E-state index contributed by atoms with van der Waals surface area (Å²) in [6.45, 7) is 2.19. The van der Waals surface area contributed by atoms with Gasteiger partial charge in [0, 0.05) is 37.5 Å². The summed E-state index contributed by atoms with van der Waals surface area (Å²) in [5.41, 5.74) is -0.581. The molecule has 1 aromatic carbocycles. The van der Waals surface area contributed by atoms with Crippen LogP contribution in [-0.4, -0.2) is 95.3 Å². The number of ketones is 1. The van der Waals surface area contributed by atoms with Gasteiger partial charge in [-0.2, -0.15) is 5.10 Å². The third kappa shape index (κ3) is 8.29. The van der Waals surface area contributed by atoms with Crippen LogP contribution < -0.4 is 24.2 Å². The number of nitrogens with zero attached hydrogens (tertiary/aromatic N) is 4. The molecule has 2 saturated carbocycles. The standard InChI is InChI=1S/C39H47BrN6O9S/c1-4-54-33-19-32(26-14-15-31(53-3)34(40)35(26)42-33)55-24-18-29-30(47)21-39(38(50)44-56(51,52)25-12-13-25)20-23(39)10-8-6-5-7-9-11-28(37(49)46(29)22-24)41-36(48)27-16-17-45(2)43-27/h8,10,14-17,19,23-25,28-29H,4-7,9,11-13,18,20-22H2,1-3H3,(H,41,48)(H,44,50)/b10-8-/t23-,24+,28-,29-,39+/m0/s1. The molecule has 0 unspecified atom stereocenters. The zero-order chi connectivity index (χ0) is 39.8. The van der Waals surface area contributed by atoms with Crippen molar-refractivity contribution in [3.63, 3.8) is 0 Å². The highest BCUT2D eigenvalue weighted by Gasteiger charge is 2.61. The van der Waals surface area contributed by atoms with Crippen LogP contribution in [0.1, 0.15) is 81.6 Å². The van der Waals surface area contributed by atoms with Crippen molar-refractivity contribution in [1.29, 1.82) is 0 Å². The van der Waals surface area contributed by atoms with E-state index in [1.54, 1.807) is 38.6 Å². The first-order valence-corrected chi connectivity index (χ1v) is 21.5. The number of fused-ring (bicyclic) bond motifs is 3. The maximum atomic E-state index is 14.7. The van der Waals surface area contributed by atoms with Gasteiger partial charge in [-0.25, -0.2) is 13.4 Å². The number of benzene rings is 1. The van der Waals surface area contributed by atoms with Crippen LogP contribution in [0.2, 0.25) is 0 Å². The topological polar surface area (TPSA) is 188 Å². The smallest absolute Gasteiger partial charge is 0.272 e. The Morgan fingerprint density at radius 3 is 2.61 bits per heavy atom. The Balaban J connectivity index is 1.22. The van der Waals surface area contributed by atoms with Gasteiger partial charge in [-0.15, -0.1) is 0 Å². The number of aromatic nitrogens is 3.